The van der Waals surface area contributed by atoms with E-state index in [1.165, 1.54) is 4.90 Å². The zero-order valence-corrected chi connectivity index (χ0v) is 12.2. The van der Waals surface area contributed by atoms with Crippen molar-refractivity contribution in [3.05, 3.63) is 17.7 Å². The normalized spacial score (nSPS) is 11.6. The highest BCUT2D eigenvalue weighted by atomic mass is 19.4. The van der Waals surface area contributed by atoms with Crippen LogP contribution in [-0.2, 0) is 11.0 Å². The molecule has 1 rings (SSSR count). The second kappa shape index (κ2) is 6.64. The average molecular weight is 304 g/mol. The maximum atomic E-state index is 12.8. The van der Waals surface area contributed by atoms with Gasteiger partial charge in [0.15, 0.2) is 0 Å². The number of likely N-dealkylation sites (N-methyl/N-ethyl adjacent to an activating group) is 1. The van der Waals surface area contributed by atoms with Crippen molar-refractivity contribution in [1.29, 1.82) is 0 Å². The Balaban J connectivity index is 3.00. The summed E-state index contributed by atoms with van der Waals surface area (Å²) < 4.78 is 38.3. The molecule has 0 unspecified atom stereocenters. The predicted molar refractivity (Wildman–Crippen MR) is 74.8 cm³/mol. The Hall–Kier alpha value is -1.99. The number of amides is 1. The zero-order valence-electron chi connectivity index (χ0n) is 12.2. The number of nitrogens with two attached hydrogens (primary N) is 1. The molecule has 0 saturated heterocycles. The van der Waals surface area contributed by atoms with Gasteiger partial charge in [-0.1, -0.05) is 0 Å². The van der Waals surface area contributed by atoms with E-state index >= 15 is 0 Å². The highest BCUT2D eigenvalue weighted by Crippen LogP contribution is 2.32. The number of nitrogen functional groups attached to an aromatic ring is 1. The van der Waals surface area contributed by atoms with E-state index in [1.807, 2.05) is 0 Å². The van der Waals surface area contributed by atoms with Gasteiger partial charge < -0.3 is 16.0 Å². The minimum Gasteiger partial charge on any atom is -0.384 e. The molecule has 21 heavy (non-hydrogen) atoms. The summed E-state index contributed by atoms with van der Waals surface area (Å²) >= 11 is 0. The first-order chi connectivity index (χ1) is 9.63. The van der Waals surface area contributed by atoms with E-state index in [4.69, 9.17) is 5.73 Å². The van der Waals surface area contributed by atoms with Crippen molar-refractivity contribution in [3.63, 3.8) is 0 Å². The lowest BCUT2D eigenvalue weighted by Gasteiger charge is -2.23. The van der Waals surface area contributed by atoms with Gasteiger partial charge in [0.1, 0.15) is 11.6 Å². The molecule has 3 N–H and O–H groups in total. The van der Waals surface area contributed by atoms with Crippen LogP contribution in [-0.4, -0.2) is 30.0 Å². The van der Waals surface area contributed by atoms with Gasteiger partial charge in [-0.15, -0.1) is 0 Å². The van der Waals surface area contributed by atoms with Gasteiger partial charge in [-0.3, -0.25) is 4.79 Å². The molecule has 5 nitrogen and oxygen atoms in total. The number of pyridine rings is 1. The Morgan fingerprint density at radius 2 is 2.05 bits per heavy atom. The Bertz CT molecular complexity index is 503. The maximum Gasteiger partial charge on any atom is 0.416 e. The van der Waals surface area contributed by atoms with Crippen LogP contribution in [0.15, 0.2) is 12.1 Å². The SMILES string of the molecule is CCN(CC(=O)NC(C)C)c1cc(C(F)(F)F)cc(N)n1. The fourth-order valence-corrected chi connectivity index (χ4v) is 1.76. The number of halogens is 3. The van der Waals surface area contributed by atoms with Gasteiger partial charge >= 0.3 is 6.18 Å². The van der Waals surface area contributed by atoms with Crippen LogP contribution in [0.4, 0.5) is 24.8 Å². The van der Waals surface area contributed by atoms with Gasteiger partial charge in [0.05, 0.1) is 12.1 Å². The van der Waals surface area contributed by atoms with Crippen LogP contribution in [0.1, 0.15) is 26.3 Å². The summed E-state index contributed by atoms with van der Waals surface area (Å²) in [5.74, 6) is -0.490. The molecule has 0 spiro atoms. The standard InChI is InChI=1S/C13H19F3N4O/c1-4-20(7-12(21)18-8(2)3)11-6-9(13(14,15)16)5-10(17)19-11/h5-6,8H,4,7H2,1-3H3,(H2,17,19)(H,18,21). The van der Waals surface area contributed by atoms with E-state index in [1.54, 1.807) is 20.8 Å². The molecule has 0 radical (unpaired) electrons. The van der Waals surface area contributed by atoms with Gasteiger partial charge in [0, 0.05) is 12.6 Å². The fraction of sp³-hybridized carbons (Fsp3) is 0.538. The maximum absolute atomic E-state index is 12.8. The van der Waals surface area contributed by atoms with E-state index in [0.29, 0.717) is 6.54 Å². The lowest BCUT2D eigenvalue weighted by molar-refractivity contribution is -0.137. The average Bonchev–Trinajstić information content (AvgIpc) is 2.33. The van der Waals surface area contributed by atoms with E-state index < -0.39 is 11.7 Å². The molecule has 0 aliphatic carbocycles. The van der Waals surface area contributed by atoms with Crippen LogP contribution in [0.25, 0.3) is 0 Å². The summed E-state index contributed by atoms with van der Waals surface area (Å²) in [4.78, 5) is 17.0. The highest BCUT2D eigenvalue weighted by Gasteiger charge is 2.32. The predicted octanol–water partition coefficient (Wildman–Crippen LogP) is 2.03. The third-order valence-corrected chi connectivity index (χ3v) is 2.65. The molecule has 0 atom stereocenters. The largest absolute Gasteiger partial charge is 0.416 e. The Morgan fingerprint density at radius 3 is 2.52 bits per heavy atom. The summed E-state index contributed by atoms with van der Waals surface area (Å²) in [7, 11) is 0. The summed E-state index contributed by atoms with van der Waals surface area (Å²) in [6, 6.07) is 1.62. The number of rotatable bonds is 5. The van der Waals surface area contributed by atoms with Gasteiger partial charge in [-0.2, -0.15) is 13.2 Å². The minimum absolute atomic E-state index is 0.0312. The number of aromatic nitrogens is 1. The summed E-state index contributed by atoms with van der Waals surface area (Å²) in [6.45, 7) is 5.58. The Kier molecular flexibility index (Phi) is 5.40. The fourth-order valence-electron chi connectivity index (χ4n) is 1.76. The molecule has 0 bridgehead atoms. The smallest absolute Gasteiger partial charge is 0.384 e. The van der Waals surface area contributed by atoms with Gasteiger partial charge in [-0.05, 0) is 32.9 Å². The number of anilines is 2. The number of alkyl halides is 3. The quantitative estimate of drug-likeness (QED) is 0.873. The van der Waals surface area contributed by atoms with E-state index in [0.717, 1.165) is 12.1 Å². The van der Waals surface area contributed by atoms with Crippen LogP contribution in [0.5, 0.6) is 0 Å². The van der Waals surface area contributed by atoms with Crippen LogP contribution >= 0.6 is 0 Å². The van der Waals surface area contributed by atoms with Gasteiger partial charge in [-0.25, -0.2) is 4.98 Å². The lowest BCUT2D eigenvalue weighted by Crippen LogP contribution is -2.40. The molecule has 0 saturated carbocycles. The number of carbonyl (C=O) groups is 1. The highest BCUT2D eigenvalue weighted by molar-refractivity contribution is 5.81. The molecule has 0 fully saturated rings. The third-order valence-electron chi connectivity index (χ3n) is 2.65. The van der Waals surface area contributed by atoms with Crippen LogP contribution < -0.4 is 16.0 Å². The van der Waals surface area contributed by atoms with E-state index in [9.17, 15) is 18.0 Å². The Labute approximate surface area is 121 Å². The molecule has 0 aliphatic heterocycles. The van der Waals surface area contributed by atoms with Crippen molar-refractivity contribution in [2.45, 2.75) is 33.0 Å². The monoisotopic (exact) mass is 304 g/mol. The zero-order chi connectivity index (χ0) is 16.2. The van der Waals surface area contributed by atoms with E-state index in [2.05, 4.69) is 10.3 Å². The molecular weight excluding hydrogens is 285 g/mol. The van der Waals surface area contributed by atoms with Crippen molar-refractivity contribution in [1.82, 2.24) is 10.3 Å². The molecule has 1 aromatic rings. The van der Waals surface area contributed by atoms with Crippen LogP contribution in [0.2, 0.25) is 0 Å². The summed E-state index contributed by atoms with van der Waals surface area (Å²) in [5.41, 5.74) is 4.54. The molecule has 118 valence electrons. The first kappa shape index (κ1) is 17.1. The first-order valence-electron chi connectivity index (χ1n) is 6.52. The third kappa shape index (κ3) is 5.13. The molecule has 1 aromatic heterocycles. The minimum atomic E-state index is -4.51. The number of hydrogen-bond donors (Lipinski definition) is 2. The van der Waals surface area contributed by atoms with Crippen molar-refractivity contribution in [3.8, 4) is 0 Å². The Morgan fingerprint density at radius 1 is 1.43 bits per heavy atom. The molecule has 0 aromatic carbocycles. The molecule has 8 heteroatoms. The first-order valence-corrected chi connectivity index (χ1v) is 6.52. The van der Waals surface area contributed by atoms with Crippen molar-refractivity contribution < 1.29 is 18.0 Å². The summed E-state index contributed by atoms with van der Waals surface area (Å²) in [6.07, 6.45) is -4.51. The van der Waals surface area contributed by atoms with Crippen LogP contribution in [0, 0.1) is 0 Å². The molecular formula is C13H19F3N4O. The van der Waals surface area contributed by atoms with Gasteiger partial charge in [0.2, 0.25) is 5.91 Å². The van der Waals surface area contributed by atoms with Crippen molar-refractivity contribution in [2.24, 2.45) is 0 Å². The molecule has 1 heterocycles. The number of nitrogens with zero attached hydrogens (tertiary/aromatic N) is 2. The van der Waals surface area contributed by atoms with Gasteiger partial charge in [0.25, 0.3) is 0 Å². The number of nitrogens with one attached hydrogen (secondary N) is 1. The topological polar surface area (TPSA) is 71.2 Å². The second-order valence-electron chi connectivity index (χ2n) is 4.87. The number of carbonyl (C=O) groups excluding carboxylic acids is 1. The molecule has 1 amide bonds. The lowest BCUT2D eigenvalue weighted by atomic mass is 10.2. The van der Waals surface area contributed by atoms with Crippen LogP contribution in [0.3, 0.4) is 0 Å². The summed E-state index contributed by atoms with van der Waals surface area (Å²) in [5, 5.41) is 2.67. The van der Waals surface area contributed by atoms with Crippen molar-refractivity contribution in [2.75, 3.05) is 23.7 Å². The second-order valence-corrected chi connectivity index (χ2v) is 4.87. The van der Waals surface area contributed by atoms with Crippen molar-refractivity contribution >= 4 is 17.5 Å². The molecule has 0 aliphatic rings. The van der Waals surface area contributed by atoms with E-state index in [-0.39, 0.29) is 30.1 Å². The number of hydrogen-bond acceptors (Lipinski definition) is 4.